The Balaban J connectivity index is 2.41. The quantitative estimate of drug-likeness (QED) is 0.865. The van der Waals surface area contributed by atoms with Crippen molar-refractivity contribution in [1.82, 2.24) is 0 Å². The number of aliphatic hydroxyl groups is 1. The van der Waals surface area contributed by atoms with Crippen molar-refractivity contribution in [2.24, 2.45) is 0 Å². The van der Waals surface area contributed by atoms with Crippen molar-refractivity contribution in [2.45, 2.75) is 49.5 Å². The Hall–Kier alpha value is -0.910. The molecule has 0 radical (unpaired) electrons. The highest BCUT2D eigenvalue weighted by molar-refractivity contribution is 7.86. The summed E-state index contributed by atoms with van der Waals surface area (Å²) < 4.78 is 28.6. The van der Waals surface area contributed by atoms with Crippen LogP contribution in [0, 0.1) is 6.92 Å². The molecule has 1 aliphatic rings. The predicted molar refractivity (Wildman–Crippen MR) is 72.6 cm³/mol. The highest BCUT2D eigenvalue weighted by atomic mass is 32.2. The number of aryl methyl sites for hydroxylation is 1. The van der Waals surface area contributed by atoms with E-state index >= 15 is 0 Å². The van der Waals surface area contributed by atoms with Crippen molar-refractivity contribution < 1.29 is 17.7 Å². The Morgan fingerprint density at radius 2 is 1.84 bits per heavy atom. The van der Waals surface area contributed by atoms with Crippen molar-refractivity contribution in [2.75, 3.05) is 7.11 Å². The Morgan fingerprint density at radius 1 is 1.21 bits per heavy atom. The van der Waals surface area contributed by atoms with E-state index in [1.54, 1.807) is 12.1 Å². The van der Waals surface area contributed by atoms with Gasteiger partial charge < -0.3 is 5.11 Å². The minimum absolute atomic E-state index is 0.184. The van der Waals surface area contributed by atoms with Gasteiger partial charge >= 0.3 is 0 Å². The summed E-state index contributed by atoms with van der Waals surface area (Å²) in [4.78, 5) is 0.266. The lowest BCUT2D eigenvalue weighted by Gasteiger charge is -2.27. The Labute approximate surface area is 114 Å². The molecule has 0 aromatic heterocycles. The summed E-state index contributed by atoms with van der Waals surface area (Å²) in [7, 11) is -2.49. The molecule has 0 saturated heterocycles. The average Bonchev–Trinajstić information content (AvgIpc) is 2.39. The fourth-order valence-electron chi connectivity index (χ4n) is 2.69. The van der Waals surface area contributed by atoms with E-state index in [9.17, 15) is 13.5 Å². The van der Waals surface area contributed by atoms with Gasteiger partial charge in [-0.05, 0) is 50.2 Å². The molecule has 0 unspecified atom stereocenters. The predicted octanol–water partition coefficient (Wildman–Crippen LogP) is 2.35. The number of benzene rings is 1. The summed E-state index contributed by atoms with van der Waals surface area (Å²) in [5.74, 6) is 0.184. The van der Waals surface area contributed by atoms with Crippen molar-refractivity contribution in [1.29, 1.82) is 0 Å². The highest BCUT2D eigenvalue weighted by Gasteiger charge is 2.27. The highest BCUT2D eigenvalue weighted by Crippen LogP contribution is 2.36. The summed E-state index contributed by atoms with van der Waals surface area (Å²) >= 11 is 0. The molecule has 19 heavy (non-hydrogen) atoms. The molecule has 5 heteroatoms. The zero-order valence-electron chi connectivity index (χ0n) is 11.3. The molecule has 1 aromatic rings. The minimum Gasteiger partial charge on any atom is -0.393 e. The molecule has 1 aliphatic carbocycles. The maximum Gasteiger partial charge on any atom is 0.296 e. The number of rotatable bonds is 3. The van der Waals surface area contributed by atoms with Gasteiger partial charge in [0.25, 0.3) is 10.1 Å². The summed E-state index contributed by atoms with van der Waals surface area (Å²) in [6.45, 7) is 1.95. The number of hydrogen-bond acceptors (Lipinski definition) is 4. The summed E-state index contributed by atoms with van der Waals surface area (Å²) in [5.41, 5.74) is 1.87. The third-order valence-electron chi connectivity index (χ3n) is 3.79. The molecule has 0 spiro atoms. The second kappa shape index (κ2) is 5.61. The zero-order chi connectivity index (χ0) is 14.0. The summed E-state index contributed by atoms with van der Waals surface area (Å²) in [6, 6.07) is 5.33. The Morgan fingerprint density at radius 3 is 2.42 bits per heavy atom. The summed E-state index contributed by atoms with van der Waals surface area (Å²) in [6.07, 6.45) is 2.84. The number of aliphatic hydroxyl groups excluding tert-OH is 1. The van der Waals surface area contributed by atoms with Crippen molar-refractivity contribution in [3.05, 3.63) is 29.3 Å². The van der Waals surface area contributed by atoms with Gasteiger partial charge in [-0.15, -0.1) is 0 Å². The second-order valence-electron chi connectivity index (χ2n) is 5.17. The zero-order valence-corrected chi connectivity index (χ0v) is 12.1. The van der Waals surface area contributed by atoms with Crippen molar-refractivity contribution in [3.8, 4) is 0 Å². The third-order valence-corrected chi connectivity index (χ3v) is 5.14. The van der Waals surface area contributed by atoms with Crippen LogP contribution in [0.2, 0.25) is 0 Å². The van der Waals surface area contributed by atoms with Gasteiger partial charge in [-0.2, -0.15) is 8.42 Å². The van der Waals surface area contributed by atoms with Crippen LogP contribution in [0.3, 0.4) is 0 Å². The van der Waals surface area contributed by atoms with E-state index in [4.69, 9.17) is 0 Å². The van der Waals surface area contributed by atoms with Crippen LogP contribution in [0.5, 0.6) is 0 Å². The summed E-state index contributed by atoms with van der Waals surface area (Å²) in [5, 5.41) is 9.56. The van der Waals surface area contributed by atoms with Gasteiger partial charge in [-0.1, -0.05) is 17.7 Å². The first-order valence-corrected chi connectivity index (χ1v) is 7.94. The molecular weight excluding hydrogens is 264 g/mol. The van der Waals surface area contributed by atoms with Crippen molar-refractivity contribution in [3.63, 3.8) is 0 Å². The van der Waals surface area contributed by atoms with Crippen LogP contribution in [0.25, 0.3) is 0 Å². The SMILES string of the molecule is COS(=O)(=O)c1ccc(C)cc1C1CCC(O)CC1. The van der Waals surface area contributed by atoms with Crippen LogP contribution in [0.15, 0.2) is 23.1 Å². The molecule has 4 nitrogen and oxygen atoms in total. The normalized spacial score (nSPS) is 24.4. The van der Waals surface area contributed by atoms with Crippen LogP contribution >= 0.6 is 0 Å². The topological polar surface area (TPSA) is 63.6 Å². The van der Waals surface area contributed by atoms with Gasteiger partial charge in [0.05, 0.1) is 18.1 Å². The van der Waals surface area contributed by atoms with Crippen LogP contribution in [0.4, 0.5) is 0 Å². The van der Waals surface area contributed by atoms with E-state index < -0.39 is 10.1 Å². The third kappa shape index (κ3) is 3.16. The first-order chi connectivity index (χ1) is 8.94. The molecule has 1 saturated carbocycles. The molecule has 2 rings (SSSR count). The van der Waals surface area contributed by atoms with Gasteiger partial charge in [-0.25, -0.2) is 0 Å². The lowest BCUT2D eigenvalue weighted by Crippen LogP contribution is -2.19. The van der Waals surface area contributed by atoms with Gasteiger partial charge in [0, 0.05) is 0 Å². The molecule has 0 atom stereocenters. The maximum absolute atomic E-state index is 12.0. The lowest BCUT2D eigenvalue weighted by atomic mass is 9.82. The van der Waals surface area contributed by atoms with Gasteiger partial charge in [-0.3, -0.25) is 4.18 Å². The van der Waals surface area contributed by atoms with E-state index in [1.165, 1.54) is 7.11 Å². The van der Waals surface area contributed by atoms with E-state index in [1.807, 2.05) is 13.0 Å². The second-order valence-corrected chi connectivity index (χ2v) is 6.85. The average molecular weight is 284 g/mol. The van der Waals surface area contributed by atoms with Gasteiger partial charge in [0.15, 0.2) is 0 Å². The van der Waals surface area contributed by atoms with Crippen LogP contribution in [0.1, 0.15) is 42.7 Å². The minimum atomic E-state index is -3.67. The van der Waals surface area contributed by atoms with Crippen LogP contribution < -0.4 is 0 Å². The standard InChI is InChI=1S/C14H20O4S/c1-10-3-8-14(19(16,17)18-2)13(9-10)11-4-6-12(15)7-5-11/h3,8-9,11-12,15H,4-7H2,1-2H3. The first kappa shape index (κ1) is 14.5. The molecule has 0 heterocycles. The molecule has 1 aromatic carbocycles. The van der Waals surface area contributed by atoms with Crippen LogP contribution in [-0.4, -0.2) is 26.7 Å². The maximum atomic E-state index is 12.0. The molecule has 0 bridgehead atoms. The molecule has 1 fully saturated rings. The largest absolute Gasteiger partial charge is 0.393 e. The van der Waals surface area contributed by atoms with Crippen molar-refractivity contribution >= 4 is 10.1 Å². The smallest absolute Gasteiger partial charge is 0.296 e. The lowest BCUT2D eigenvalue weighted by molar-refractivity contribution is 0.122. The fourth-order valence-corrected chi connectivity index (χ4v) is 3.62. The Kier molecular flexibility index (Phi) is 4.28. The fraction of sp³-hybridized carbons (Fsp3) is 0.571. The van der Waals surface area contributed by atoms with E-state index in [-0.39, 0.29) is 16.9 Å². The van der Waals surface area contributed by atoms with E-state index in [0.717, 1.165) is 36.8 Å². The molecule has 106 valence electrons. The van der Waals surface area contributed by atoms with Gasteiger partial charge in [0.2, 0.25) is 0 Å². The number of hydrogen-bond donors (Lipinski definition) is 1. The Bertz CT molecular complexity index is 543. The molecule has 1 N–H and O–H groups in total. The van der Waals surface area contributed by atoms with E-state index in [0.29, 0.717) is 0 Å². The molecule has 0 aliphatic heterocycles. The molecular formula is C14H20O4S. The monoisotopic (exact) mass is 284 g/mol. The van der Waals surface area contributed by atoms with Crippen LogP contribution in [-0.2, 0) is 14.3 Å². The molecule has 0 amide bonds. The first-order valence-electron chi connectivity index (χ1n) is 6.53. The van der Waals surface area contributed by atoms with Gasteiger partial charge in [0.1, 0.15) is 0 Å². The van der Waals surface area contributed by atoms with E-state index in [2.05, 4.69) is 4.18 Å².